The van der Waals surface area contributed by atoms with Crippen LogP contribution in [0.5, 0.6) is 0 Å². The molecule has 0 saturated heterocycles. The molecule has 0 radical (unpaired) electrons. The van der Waals surface area contributed by atoms with Gasteiger partial charge in [0.1, 0.15) is 5.69 Å². The quantitative estimate of drug-likeness (QED) is 0.296. The standard InChI is InChI=1S/C11H10BrN5O2/c12-7-5-6(10(13)17-19)1-2-8(7)15-11(18)9-3-4-14-16-9/h1-5,19H,(H2,13,17)(H,14,16)(H,15,18). The smallest absolute Gasteiger partial charge is 0.273 e. The summed E-state index contributed by atoms with van der Waals surface area (Å²) >= 11 is 3.30. The summed E-state index contributed by atoms with van der Waals surface area (Å²) in [5, 5.41) is 20.5. The molecule has 1 aromatic carbocycles. The Bertz CT molecular complexity index is 624. The predicted molar refractivity (Wildman–Crippen MR) is 73.2 cm³/mol. The van der Waals surface area contributed by atoms with Gasteiger partial charge in [-0.05, 0) is 40.2 Å². The van der Waals surface area contributed by atoms with Crippen LogP contribution in [0, 0.1) is 0 Å². The maximum Gasteiger partial charge on any atom is 0.273 e. The molecule has 1 heterocycles. The maximum atomic E-state index is 11.8. The van der Waals surface area contributed by atoms with Crippen molar-refractivity contribution in [3.63, 3.8) is 0 Å². The molecule has 7 nitrogen and oxygen atoms in total. The van der Waals surface area contributed by atoms with Gasteiger partial charge in [-0.3, -0.25) is 9.89 Å². The first-order valence-corrected chi connectivity index (χ1v) is 5.99. The molecule has 2 rings (SSSR count). The molecule has 0 aliphatic heterocycles. The fraction of sp³-hybridized carbons (Fsp3) is 0. The van der Waals surface area contributed by atoms with Gasteiger partial charge in [-0.2, -0.15) is 5.10 Å². The van der Waals surface area contributed by atoms with Crippen LogP contribution in [0.15, 0.2) is 40.1 Å². The minimum atomic E-state index is -0.310. The van der Waals surface area contributed by atoms with Crippen LogP contribution in [0.2, 0.25) is 0 Å². The first-order chi connectivity index (χ1) is 9.11. The molecule has 8 heteroatoms. The number of halogens is 1. The molecule has 0 saturated carbocycles. The second-order valence-corrected chi connectivity index (χ2v) is 4.46. The highest BCUT2D eigenvalue weighted by Crippen LogP contribution is 2.24. The Morgan fingerprint density at radius 1 is 1.47 bits per heavy atom. The third-order valence-corrected chi connectivity index (χ3v) is 3.02. The molecule has 2 aromatic rings. The van der Waals surface area contributed by atoms with E-state index in [9.17, 15) is 4.79 Å². The molecule has 0 aliphatic carbocycles. The van der Waals surface area contributed by atoms with Crippen molar-refractivity contribution in [1.29, 1.82) is 0 Å². The summed E-state index contributed by atoms with van der Waals surface area (Å²) in [6.45, 7) is 0. The van der Waals surface area contributed by atoms with E-state index in [4.69, 9.17) is 10.9 Å². The first-order valence-electron chi connectivity index (χ1n) is 5.20. The zero-order valence-electron chi connectivity index (χ0n) is 9.59. The topological polar surface area (TPSA) is 116 Å². The number of aromatic nitrogens is 2. The van der Waals surface area contributed by atoms with Crippen LogP contribution in [0.1, 0.15) is 16.1 Å². The molecule has 0 aliphatic rings. The van der Waals surface area contributed by atoms with Crippen molar-refractivity contribution < 1.29 is 10.0 Å². The monoisotopic (exact) mass is 323 g/mol. The Hall–Kier alpha value is -2.35. The number of nitrogens with zero attached hydrogens (tertiary/aromatic N) is 2. The van der Waals surface area contributed by atoms with Crippen molar-refractivity contribution in [1.82, 2.24) is 10.2 Å². The van der Waals surface area contributed by atoms with Crippen LogP contribution in [-0.2, 0) is 0 Å². The summed E-state index contributed by atoms with van der Waals surface area (Å²) in [6, 6.07) is 6.47. The van der Waals surface area contributed by atoms with E-state index in [1.807, 2.05) is 0 Å². The molecule has 1 aromatic heterocycles. The van der Waals surface area contributed by atoms with Gasteiger partial charge in [0.05, 0.1) is 5.69 Å². The van der Waals surface area contributed by atoms with Crippen LogP contribution in [0.25, 0.3) is 0 Å². The first kappa shape index (κ1) is 13.1. The van der Waals surface area contributed by atoms with Gasteiger partial charge in [-0.1, -0.05) is 5.16 Å². The van der Waals surface area contributed by atoms with E-state index in [1.54, 1.807) is 24.3 Å². The van der Waals surface area contributed by atoms with Crippen molar-refractivity contribution in [3.8, 4) is 0 Å². The van der Waals surface area contributed by atoms with Crippen molar-refractivity contribution >= 4 is 33.4 Å². The van der Waals surface area contributed by atoms with Crippen LogP contribution >= 0.6 is 15.9 Å². The molecule has 19 heavy (non-hydrogen) atoms. The number of amidine groups is 1. The predicted octanol–water partition coefficient (Wildman–Crippen LogP) is 1.52. The molecule has 0 fully saturated rings. The lowest BCUT2D eigenvalue weighted by Crippen LogP contribution is -2.15. The molecular formula is C11H10BrN5O2. The summed E-state index contributed by atoms with van der Waals surface area (Å²) in [6.07, 6.45) is 1.49. The number of hydrogen-bond donors (Lipinski definition) is 4. The number of hydrogen-bond acceptors (Lipinski definition) is 4. The average Bonchev–Trinajstić information content (AvgIpc) is 2.94. The van der Waals surface area contributed by atoms with Gasteiger partial charge in [0.2, 0.25) is 0 Å². The van der Waals surface area contributed by atoms with Gasteiger partial charge >= 0.3 is 0 Å². The van der Waals surface area contributed by atoms with Crippen LogP contribution in [-0.4, -0.2) is 27.1 Å². The number of carbonyl (C=O) groups excluding carboxylic acids is 1. The molecular weight excluding hydrogens is 314 g/mol. The Morgan fingerprint density at radius 2 is 2.26 bits per heavy atom. The van der Waals surface area contributed by atoms with Crippen LogP contribution in [0.4, 0.5) is 5.69 Å². The molecule has 1 amide bonds. The SMILES string of the molecule is N/C(=N/O)c1ccc(NC(=O)c2ccn[nH]2)c(Br)c1. The number of H-pyrrole nitrogens is 1. The zero-order chi connectivity index (χ0) is 13.8. The van der Waals surface area contributed by atoms with Crippen LogP contribution in [0.3, 0.4) is 0 Å². The van der Waals surface area contributed by atoms with E-state index >= 15 is 0 Å². The van der Waals surface area contributed by atoms with E-state index < -0.39 is 0 Å². The Labute approximate surface area is 116 Å². The number of oxime groups is 1. The highest BCUT2D eigenvalue weighted by molar-refractivity contribution is 9.10. The second kappa shape index (κ2) is 5.53. The van der Waals surface area contributed by atoms with Crippen molar-refractivity contribution in [2.24, 2.45) is 10.9 Å². The number of nitrogens with two attached hydrogens (primary N) is 1. The van der Waals surface area contributed by atoms with Gasteiger partial charge in [0, 0.05) is 16.2 Å². The lowest BCUT2D eigenvalue weighted by atomic mass is 10.2. The van der Waals surface area contributed by atoms with Gasteiger partial charge in [0.25, 0.3) is 5.91 Å². The second-order valence-electron chi connectivity index (χ2n) is 3.60. The Kier molecular flexibility index (Phi) is 3.81. The molecule has 0 atom stereocenters. The lowest BCUT2D eigenvalue weighted by Gasteiger charge is -2.07. The van der Waals surface area contributed by atoms with Crippen molar-refractivity contribution in [2.75, 3.05) is 5.32 Å². The maximum absolute atomic E-state index is 11.8. The zero-order valence-corrected chi connectivity index (χ0v) is 11.2. The summed E-state index contributed by atoms with van der Waals surface area (Å²) in [7, 11) is 0. The minimum Gasteiger partial charge on any atom is -0.409 e. The average molecular weight is 324 g/mol. The van der Waals surface area contributed by atoms with Gasteiger partial charge in [-0.15, -0.1) is 0 Å². The molecule has 0 unspecified atom stereocenters. The normalized spacial score (nSPS) is 11.3. The summed E-state index contributed by atoms with van der Waals surface area (Å²) < 4.78 is 0.615. The third kappa shape index (κ3) is 2.91. The number of nitrogens with one attached hydrogen (secondary N) is 2. The van der Waals surface area contributed by atoms with Crippen LogP contribution < -0.4 is 11.1 Å². The van der Waals surface area contributed by atoms with E-state index in [-0.39, 0.29) is 11.7 Å². The molecule has 0 bridgehead atoms. The molecule has 0 spiro atoms. The summed E-state index contributed by atoms with van der Waals surface area (Å²) in [4.78, 5) is 11.8. The summed E-state index contributed by atoms with van der Waals surface area (Å²) in [5.41, 5.74) is 6.92. The highest BCUT2D eigenvalue weighted by atomic mass is 79.9. The Balaban J connectivity index is 2.20. The number of rotatable bonds is 3. The fourth-order valence-electron chi connectivity index (χ4n) is 1.41. The largest absolute Gasteiger partial charge is 0.409 e. The van der Waals surface area contributed by atoms with Gasteiger partial charge in [0.15, 0.2) is 5.84 Å². The van der Waals surface area contributed by atoms with E-state index in [0.717, 1.165) is 0 Å². The van der Waals surface area contributed by atoms with Crippen molar-refractivity contribution in [2.45, 2.75) is 0 Å². The molecule has 98 valence electrons. The van der Waals surface area contributed by atoms with E-state index in [2.05, 4.69) is 36.6 Å². The highest BCUT2D eigenvalue weighted by Gasteiger charge is 2.10. The van der Waals surface area contributed by atoms with Crippen molar-refractivity contribution in [3.05, 3.63) is 46.2 Å². The van der Waals surface area contributed by atoms with E-state index in [0.29, 0.717) is 21.4 Å². The Morgan fingerprint density at radius 3 is 2.84 bits per heavy atom. The number of benzene rings is 1. The number of carbonyl (C=O) groups is 1. The fourth-order valence-corrected chi connectivity index (χ4v) is 1.88. The third-order valence-electron chi connectivity index (χ3n) is 2.37. The molecule has 5 N–H and O–H groups in total. The number of anilines is 1. The van der Waals surface area contributed by atoms with Gasteiger partial charge < -0.3 is 16.3 Å². The lowest BCUT2D eigenvalue weighted by molar-refractivity contribution is 0.102. The van der Waals surface area contributed by atoms with Gasteiger partial charge in [-0.25, -0.2) is 0 Å². The van der Waals surface area contributed by atoms with E-state index in [1.165, 1.54) is 6.20 Å². The minimum absolute atomic E-state index is 0.00727. The number of aromatic amines is 1. The summed E-state index contributed by atoms with van der Waals surface area (Å²) in [5.74, 6) is -0.318. The number of amides is 1.